The highest BCUT2D eigenvalue weighted by atomic mass is 16.5. The van der Waals surface area contributed by atoms with Crippen molar-refractivity contribution in [2.75, 3.05) is 11.9 Å². The van der Waals surface area contributed by atoms with E-state index in [9.17, 15) is 19.5 Å². The number of aliphatic hydroxyl groups excluding tert-OH is 1. The lowest BCUT2D eigenvalue weighted by molar-refractivity contribution is -0.151. The predicted octanol–water partition coefficient (Wildman–Crippen LogP) is 3.98. The molecule has 3 saturated heterocycles. The van der Waals surface area contributed by atoms with Crippen LogP contribution in [0.3, 0.4) is 0 Å². The van der Waals surface area contributed by atoms with Gasteiger partial charge >= 0.3 is 0 Å². The van der Waals surface area contributed by atoms with E-state index in [2.05, 4.69) is 31.4 Å². The van der Waals surface area contributed by atoms with Gasteiger partial charge in [-0.2, -0.15) is 0 Å². The topological polar surface area (TPSA) is 108 Å². The maximum atomic E-state index is 14.4. The number of amides is 3. The molecule has 3 fully saturated rings. The number of anilines is 1. The first-order chi connectivity index (χ1) is 18.0. The fourth-order valence-electron chi connectivity index (χ4n) is 7.87. The molecule has 3 aliphatic heterocycles. The molecule has 3 heterocycles. The summed E-state index contributed by atoms with van der Waals surface area (Å²) in [6.07, 6.45) is 1.22. The molecule has 3 amide bonds. The van der Waals surface area contributed by atoms with Crippen LogP contribution in [-0.4, -0.2) is 63.2 Å². The monoisotopic (exact) mass is 541 g/mol. The third-order valence-electron chi connectivity index (χ3n) is 9.07. The second kappa shape index (κ2) is 9.88. The van der Waals surface area contributed by atoms with Gasteiger partial charge in [-0.05, 0) is 63.0 Å². The van der Waals surface area contributed by atoms with E-state index in [4.69, 9.17) is 4.74 Å². The zero-order valence-corrected chi connectivity index (χ0v) is 25.0. The van der Waals surface area contributed by atoms with Crippen LogP contribution in [-0.2, 0) is 19.1 Å². The van der Waals surface area contributed by atoms with E-state index in [0.29, 0.717) is 12.1 Å². The molecule has 8 nitrogen and oxygen atoms in total. The second-order valence-electron chi connectivity index (χ2n) is 14.4. The Labute approximate surface area is 233 Å². The molecule has 0 radical (unpaired) electrons. The number of hydrogen-bond acceptors (Lipinski definition) is 5. The number of rotatable bonds is 8. The highest BCUT2D eigenvalue weighted by molar-refractivity contribution is 6.02. The Kier molecular flexibility index (Phi) is 7.48. The second-order valence-corrected chi connectivity index (χ2v) is 14.4. The molecule has 1 aromatic carbocycles. The lowest BCUT2D eigenvalue weighted by Gasteiger charge is -2.41. The summed E-state index contributed by atoms with van der Waals surface area (Å²) in [5.41, 5.74) is -1.99. The summed E-state index contributed by atoms with van der Waals surface area (Å²) in [4.78, 5) is 44.1. The molecule has 1 spiro atoms. The zero-order chi connectivity index (χ0) is 29.1. The number of nitrogens with one attached hydrogen (secondary N) is 2. The number of benzene rings is 1. The minimum atomic E-state index is -1.16. The summed E-state index contributed by atoms with van der Waals surface area (Å²) < 4.78 is 6.81. The Bertz CT molecular complexity index is 1110. The molecule has 0 aliphatic carbocycles. The fourth-order valence-corrected chi connectivity index (χ4v) is 7.87. The first-order valence-electron chi connectivity index (χ1n) is 14.3. The largest absolute Gasteiger partial charge is 0.394 e. The highest BCUT2D eigenvalue weighted by Gasteiger charge is 2.80. The van der Waals surface area contributed by atoms with Gasteiger partial charge in [0.2, 0.25) is 17.7 Å². The SMILES string of the molecule is CC(C)[C@H](CO)N1C(=O)[C@@H]2[C@@H](C(=O)Nc3ccccc3)[C@]3(C)OC2(CC3C)C1C(=O)NC(C)(C)CC(C)(C)C. The predicted molar refractivity (Wildman–Crippen MR) is 151 cm³/mol. The van der Waals surface area contributed by atoms with Crippen LogP contribution in [0, 0.1) is 29.1 Å². The Morgan fingerprint density at radius 1 is 1.13 bits per heavy atom. The molecular formula is C31H47N3O5. The van der Waals surface area contributed by atoms with E-state index in [1.807, 2.05) is 71.9 Å². The Hall–Kier alpha value is -2.45. The van der Waals surface area contributed by atoms with Gasteiger partial charge in [-0.25, -0.2) is 0 Å². The third kappa shape index (κ3) is 4.99. The Balaban J connectivity index is 1.78. The number of aliphatic hydroxyl groups is 1. The van der Waals surface area contributed by atoms with Gasteiger partial charge in [-0.3, -0.25) is 14.4 Å². The minimum absolute atomic E-state index is 0.0285. The Morgan fingerprint density at radius 3 is 2.28 bits per heavy atom. The smallest absolute Gasteiger partial charge is 0.246 e. The number of para-hydroxylation sites is 1. The maximum absolute atomic E-state index is 14.4. The minimum Gasteiger partial charge on any atom is -0.394 e. The van der Waals surface area contributed by atoms with Gasteiger partial charge in [0.1, 0.15) is 11.6 Å². The van der Waals surface area contributed by atoms with Gasteiger partial charge in [0.15, 0.2) is 0 Å². The molecular weight excluding hydrogens is 494 g/mol. The van der Waals surface area contributed by atoms with E-state index >= 15 is 0 Å². The molecule has 1 aromatic rings. The third-order valence-corrected chi connectivity index (χ3v) is 9.07. The molecule has 2 bridgehead atoms. The highest BCUT2D eigenvalue weighted by Crippen LogP contribution is 2.65. The molecule has 8 heteroatoms. The molecule has 3 N–H and O–H groups in total. The molecule has 4 rings (SSSR count). The van der Waals surface area contributed by atoms with Crippen LogP contribution in [0.1, 0.15) is 75.2 Å². The van der Waals surface area contributed by atoms with Crippen LogP contribution >= 0.6 is 0 Å². The van der Waals surface area contributed by atoms with Crippen LogP contribution in [0.15, 0.2) is 30.3 Å². The van der Waals surface area contributed by atoms with Crippen LogP contribution < -0.4 is 10.6 Å². The average Bonchev–Trinajstić information content (AvgIpc) is 3.30. The molecule has 7 atom stereocenters. The zero-order valence-electron chi connectivity index (χ0n) is 25.0. The van der Waals surface area contributed by atoms with Crippen molar-refractivity contribution in [3.63, 3.8) is 0 Å². The van der Waals surface area contributed by atoms with Gasteiger partial charge in [-0.1, -0.05) is 59.7 Å². The van der Waals surface area contributed by atoms with Gasteiger partial charge in [0.25, 0.3) is 0 Å². The van der Waals surface area contributed by atoms with Crippen molar-refractivity contribution in [3.05, 3.63) is 30.3 Å². The summed E-state index contributed by atoms with van der Waals surface area (Å²) in [5.74, 6) is -2.62. The molecule has 3 unspecified atom stereocenters. The van der Waals surface area contributed by atoms with Crippen LogP contribution in [0.2, 0.25) is 0 Å². The van der Waals surface area contributed by atoms with Gasteiger partial charge < -0.3 is 25.4 Å². The molecule has 39 heavy (non-hydrogen) atoms. The number of carbonyl (C=O) groups is 3. The van der Waals surface area contributed by atoms with Gasteiger partial charge in [0.05, 0.1) is 30.1 Å². The van der Waals surface area contributed by atoms with Crippen LogP contribution in [0.5, 0.6) is 0 Å². The number of carbonyl (C=O) groups excluding carboxylic acids is 3. The van der Waals surface area contributed by atoms with Crippen molar-refractivity contribution < 1.29 is 24.2 Å². The normalized spacial score (nSPS) is 32.9. The number of fused-ring (bicyclic) bond motifs is 1. The maximum Gasteiger partial charge on any atom is 0.246 e. The van der Waals surface area contributed by atoms with E-state index in [0.717, 1.165) is 6.42 Å². The number of likely N-dealkylation sites (tertiary alicyclic amines) is 1. The van der Waals surface area contributed by atoms with Crippen molar-refractivity contribution in [2.45, 2.75) is 104 Å². The summed E-state index contributed by atoms with van der Waals surface area (Å²) >= 11 is 0. The van der Waals surface area contributed by atoms with Crippen molar-refractivity contribution in [2.24, 2.45) is 29.1 Å². The van der Waals surface area contributed by atoms with Crippen molar-refractivity contribution in [3.8, 4) is 0 Å². The Morgan fingerprint density at radius 2 is 1.74 bits per heavy atom. The number of ether oxygens (including phenoxy) is 1. The summed E-state index contributed by atoms with van der Waals surface area (Å²) in [6.45, 7) is 17.9. The standard InChI is InChI=1S/C31H47N3O5/c1-18(2)21(16-35)34-24(26(37)33-29(7,8)17-28(4,5)6)31-15-19(3)30(9,39-31)22(23(31)27(34)38)25(36)32-20-13-11-10-12-14-20/h10-14,18-19,21-24,35H,15-17H2,1-9H3,(H,32,36)(H,33,37)/t19?,21-,22-,23-,24?,30+,31?/m0/s1. The number of hydrogen-bond donors (Lipinski definition) is 3. The van der Waals surface area contributed by atoms with E-state index in [1.165, 1.54) is 0 Å². The van der Waals surface area contributed by atoms with Crippen molar-refractivity contribution in [1.82, 2.24) is 10.2 Å². The average molecular weight is 542 g/mol. The molecule has 216 valence electrons. The van der Waals surface area contributed by atoms with Crippen LogP contribution in [0.25, 0.3) is 0 Å². The van der Waals surface area contributed by atoms with E-state index < -0.39 is 40.7 Å². The summed E-state index contributed by atoms with van der Waals surface area (Å²) in [7, 11) is 0. The number of nitrogens with zero attached hydrogens (tertiary/aromatic N) is 1. The van der Waals surface area contributed by atoms with E-state index in [-0.39, 0.29) is 41.6 Å². The van der Waals surface area contributed by atoms with Crippen LogP contribution in [0.4, 0.5) is 5.69 Å². The van der Waals surface area contributed by atoms with Gasteiger partial charge in [0, 0.05) is 11.2 Å². The molecule has 3 aliphatic rings. The lowest BCUT2D eigenvalue weighted by Crippen LogP contribution is -2.62. The quantitative estimate of drug-likeness (QED) is 0.461. The lowest BCUT2D eigenvalue weighted by atomic mass is 9.62. The molecule has 0 saturated carbocycles. The first kappa shape index (κ1) is 29.5. The summed E-state index contributed by atoms with van der Waals surface area (Å²) in [6, 6.07) is 7.65. The summed E-state index contributed by atoms with van der Waals surface area (Å²) in [5, 5.41) is 16.6. The fraction of sp³-hybridized carbons (Fsp3) is 0.710. The van der Waals surface area contributed by atoms with Crippen molar-refractivity contribution >= 4 is 23.4 Å². The molecule has 0 aromatic heterocycles. The van der Waals surface area contributed by atoms with Crippen molar-refractivity contribution in [1.29, 1.82) is 0 Å². The van der Waals surface area contributed by atoms with E-state index in [1.54, 1.807) is 4.90 Å². The van der Waals surface area contributed by atoms with Gasteiger partial charge in [-0.15, -0.1) is 0 Å². The first-order valence-corrected chi connectivity index (χ1v) is 14.3.